The number of para-hydroxylation sites is 1. The molecule has 84 valence electrons. The first-order chi connectivity index (χ1) is 7.65. The summed E-state index contributed by atoms with van der Waals surface area (Å²) in [7, 11) is 3.65. The quantitative estimate of drug-likeness (QED) is 0.830. The minimum atomic E-state index is 0.0790. The maximum Gasteiger partial charge on any atom is 0.178 e. The summed E-state index contributed by atoms with van der Waals surface area (Å²) in [6.07, 6.45) is 1.83. The fourth-order valence-electron chi connectivity index (χ4n) is 1.90. The monoisotopic (exact) mass is 236 g/mol. The van der Waals surface area contributed by atoms with Crippen LogP contribution in [0.15, 0.2) is 24.4 Å². The average molecular weight is 237 g/mol. The van der Waals surface area contributed by atoms with Crippen molar-refractivity contribution >= 4 is 28.3 Å². The van der Waals surface area contributed by atoms with Gasteiger partial charge in [-0.1, -0.05) is 23.7 Å². The van der Waals surface area contributed by atoms with Gasteiger partial charge in [-0.05, 0) is 13.1 Å². The zero-order chi connectivity index (χ0) is 11.7. The van der Waals surface area contributed by atoms with Gasteiger partial charge >= 0.3 is 0 Å². The van der Waals surface area contributed by atoms with Crippen LogP contribution >= 0.6 is 11.6 Å². The number of aryl methyl sites for hydroxylation is 1. The summed E-state index contributed by atoms with van der Waals surface area (Å²) >= 11 is 6.11. The van der Waals surface area contributed by atoms with Crippen LogP contribution in [0.3, 0.4) is 0 Å². The highest BCUT2D eigenvalue weighted by Crippen LogP contribution is 2.27. The van der Waals surface area contributed by atoms with Crippen LogP contribution < -0.4 is 5.32 Å². The molecule has 1 aromatic carbocycles. The molecular formula is C12H13ClN2O. The summed E-state index contributed by atoms with van der Waals surface area (Å²) in [4.78, 5) is 11.9. The Balaban J connectivity index is 2.64. The van der Waals surface area contributed by atoms with E-state index in [1.165, 1.54) is 0 Å². The fourth-order valence-corrected chi connectivity index (χ4v) is 2.20. The van der Waals surface area contributed by atoms with E-state index in [1.54, 1.807) is 7.05 Å². The number of carbonyl (C=O) groups excluding carboxylic acids is 1. The zero-order valence-electron chi connectivity index (χ0n) is 9.25. The number of fused-ring (bicyclic) bond motifs is 1. The molecule has 0 aliphatic carbocycles. The van der Waals surface area contributed by atoms with Gasteiger partial charge < -0.3 is 9.88 Å². The van der Waals surface area contributed by atoms with Gasteiger partial charge in [0.15, 0.2) is 5.78 Å². The largest absolute Gasteiger partial charge is 0.349 e. The van der Waals surface area contributed by atoms with Crippen LogP contribution in [0.1, 0.15) is 10.4 Å². The molecule has 2 rings (SSSR count). The normalized spacial score (nSPS) is 10.9. The molecule has 0 radical (unpaired) electrons. The van der Waals surface area contributed by atoms with Gasteiger partial charge in [-0.25, -0.2) is 0 Å². The van der Waals surface area contributed by atoms with Crippen molar-refractivity contribution in [2.75, 3.05) is 13.6 Å². The number of Topliss-reactive ketones (excluding diaryl/α,β-unsaturated/α-hetero) is 1. The van der Waals surface area contributed by atoms with E-state index >= 15 is 0 Å². The molecular weight excluding hydrogens is 224 g/mol. The number of ketones is 1. The lowest BCUT2D eigenvalue weighted by molar-refractivity contribution is 0.0995. The summed E-state index contributed by atoms with van der Waals surface area (Å²) in [5, 5.41) is 4.44. The van der Waals surface area contributed by atoms with Crippen molar-refractivity contribution in [3.05, 3.63) is 35.0 Å². The summed E-state index contributed by atoms with van der Waals surface area (Å²) in [5.41, 5.74) is 1.62. The molecule has 1 heterocycles. The highest BCUT2D eigenvalue weighted by Gasteiger charge is 2.14. The molecule has 0 saturated heterocycles. The van der Waals surface area contributed by atoms with E-state index in [0.29, 0.717) is 17.1 Å². The number of rotatable bonds is 3. The topological polar surface area (TPSA) is 34.0 Å². The average Bonchev–Trinajstić information content (AvgIpc) is 2.58. The summed E-state index contributed by atoms with van der Waals surface area (Å²) in [6.45, 7) is 0.339. The Bertz CT molecular complexity index is 545. The summed E-state index contributed by atoms with van der Waals surface area (Å²) in [5.74, 6) is 0.0790. The molecule has 1 N–H and O–H groups in total. The highest BCUT2D eigenvalue weighted by molar-refractivity contribution is 6.35. The number of aromatic nitrogens is 1. The van der Waals surface area contributed by atoms with Gasteiger partial charge in [0.25, 0.3) is 0 Å². The highest BCUT2D eigenvalue weighted by atomic mass is 35.5. The molecule has 0 saturated carbocycles. The molecule has 1 aromatic heterocycles. The SMILES string of the molecule is CNCC(=O)c1cn(C)c2c(Cl)cccc12. The smallest absolute Gasteiger partial charge is 0.178 e. The first kappa shape index (κ1) is 11.2. The number of nitrogens with zero attached hydrogens (tertiary/aromatic N) is 1. The fraction of sp³-hybridized carbons (Fsp3) is 0.250. The van der Waals surface area contributed by atoms with Crippen LogP contribution in [-0.2, 0) is 7.05 Å². The maximum absolute atomic E-state index is 11.9. The van der Waals surface area contributed by atoms with Crippen LogP contribution in [0, 0.1) is 0 Å². The minimum absolute atomic E-state index is 0.0790. The number of hydrogen-bond donors (Lipinski definition) is 1. The Morgan fingerprint density at radius 3 is 2.94 bits per heavy atom. The Hall–Kier alpha value is -1.32. The summed E-state index contributed by atoms with van der Waals surface area (Å²) < 4.78 is 1.89. The third-order valence-electron chi connectivity index (χ3n) is 2.59. The second-order valence-electron chi connectivity index (χ2n) is 3.74. The Morgan fingerprint density at radius 1 is 1.50 bits per heavy atom. The molecule has 0 atom stereocenters. The number of likely N-dealkylation sites (N-methyl/N-ethyl adjacent to an activating group) is 1. The molecule has 0 aliphatic heterocycles. The molecule has 16 heavy (non-hydrogen) atoms. The predicted molar refractivity (Wildman–Crippen MR) is 66.2 cm³/mol. The Kier molecular flexibility index (Phi) is 2.99. The van der Waals surface area contributed by atoms with Crippen LogP contribution in [0.4, 0.5) is 0 Å². The molecule has 4 heteroatoms. The van der Waals surface area contributed by atoms with Crippen molar-refractivity contribution in [3.63, 3.8) is 0 Å². The van der Waals surface area contributed by atoms with Gasteiger partial charge in [0, 0.05) is 24.2 Å². The van der Waals surface area contributed by atoms with Crippen molar-refractivity contribution in [3.8, 4) is 0 Å². The molecule has 0 fully saturated rings. The Labute approximate surface area is 99.0 Å². The lowest BCUT2D eigenvalue weighted by Gasteiger charge is -1.99. The van der Waals surface area contributed by atoms with Crippen molar-refractivity contribution in [2.24, 2.45) is 7.05 Å². The lowest BCUT2D eigenvalue weighted by Crippen LogP contribution is -2.18. The van der Waals surface area contributed by atoms with E-state index in [-0.39, 0.29) is 5.78 Å². The number of benzene rings is 1. The molecule has 2 aromatic rings. The van der Waals surface area contributed by atoms with Gasteiger partial charge in [0.1, 0.15) is 0 Å². The number of hydrogen-bond acceptors (Lipinski definition) is 2. The van der Waals surface area contributed by atoms with Gasteiger partial charge in [-0.3, -0.25) is 4.79 Å². The lowest BCUT2D eigenvalue weighted by atomic mass is 10.1. The van der Waals surface area contributed by atoms with Crippen LogP contribution in [0.5, 0.6) is 0 Å². The summed E-state index contributed by atoms with van der Waals surface area (Å²) in [6, 6.07) is 5.61. The zero-order valence-corrected chi connectivity index (χ0v) is 10.0. The van der Waals surface area contributed by atoms with E-state index in [1.807, 2.05) is 36.0 Å². The van der Waals surface area contributed by atoms with Crippen molar-refractivity contribution in [2.45, 2.75) is 0 Å². The van der Waals surface area contributed by atoms with E-state index in [9.17, 15) is 4.79 Å². The first-order valence-electron chi connectivity index (χ1n) is 5.06. The van der Waals surface area contributed by atoms with Crippen molar-refractivity contribution in [1.29, 1.82) is 0 Å². The number of halogens is 1. The Morgan fingerprint density at radius 2 is 2.25 bits per heavy atom. The van der Waals surface area contributed by atoms with Gasteiger partial charge in [-0.2, -0.15) is 0 Å². The minimum Gasteiger partial charge on any atom is -0.349 e. The van der Waals surface area contributed by atoms with E-state index < -0.39 is 0 Å². The van der Waals surface area contributed by atoms with Crippen LogP contribution in [0.2, 0.25) is 5.02 Å². The van der Waals surface area contributed by atoms with Gasteiger partial charge in [0.2, 0.25) is 0 Å². The molecule has 0 aliphatic rings. The molecule has 0 unspecified atom stereocenters. The van der Waals surface area contributed by atoms with E-state index in [0.717, 1.165) is 10.9 Å². The van der Waals surface area contributed by atoms with Crippen molar-refractivity contribution in [1.82, 2.24) is 9.88 Å². The molecule has 0 amide bonds. The van der Waals surface area contributed by atoms with Crippen LogP contribution in [-0.4, -0.2) is 23.9 Å². The standard InChI is InChI=1S/C12H13ClN2O/c1-14-6-11(16)9-7-15(2)12-8(9)4-3-5-10(12)13/h3-5,7,14H,6H2,1-2H3. The molecule has 3 nitrogen and oxygen atoms in total. The second kappa shape index (κ2) is 4.28. The predicted octanol–water partition coefficient (Wildman–Crippen LogP) is 2.23. The number of carbonyl (C=O) groups is 1. The maximum atomic E-state index is 11.9. The molecule has 0 spiro atoms. The second-order valence-corrected chi connectivity index (χ2v) is 4.15. The van der Waals surface area contributed by atoms with E-state index in [2.05, 4.69) is 5.32 Å². The third-order valence-corrected chi connectivity index (χ3v) is 2.90. The van der Waals surface area contributed by atoms with Gasteiger partial charge in [0.05, 0.1) is 17.1 Å². The van der Waals surface area contributed by atoms with E-state index in [4.69, 9.17) is 11.6 Å². The van der Waals surface area contributed by atoms with Gasteiger partial charge in [-0.15, -0.1) is 0 Å². The first-order valence-corrected chi connectivity index (χ1v) is 5.44. The van der Waals surface area contributed by atoms with Crippen LogP contribution in [0.25, 0.3) is 10.9 Å². The van der Waals surface area contributed by atoms with Crippen molar-refractivity contribution < 1.29 is 4.79 Å². The third kappa shape index (κ3) is 1.72. The molecule has 0 bridgehead atoms. The number of nitrogens with one attached hydrogen (secondary N) is 1.